The van der Waals surface area contributed by atoms with E-state index in [2.05, 4.69) is 10.1 Å². The molecule has 1 aliphatic rings. The van der Waals surface area contributed by atoms with Gasteiger partial charge in [0.05, 0.1) is 42.3 Å². The molecule has 2 aromatic heterocycles. The second-order valence-electron chi connectivity index (χ2n) is 7.16. The van der Waals surface area contributed by atoms with Crippen LogP contribution in [-0.2, 0) is 16.6 Å². The van der Waals surface area contributed by atoms with Crippen LogP contribution in [0.25, 0.3) is 6.08 Å². The Balaban J connectivity index is 1.97. The fraction of sp³-hybridized carbons (Fsp3) is 0.273. The minimum absolute atomic E-state index is 0.221. The summed E-state index contributed by atoms with van der Waals surface area (Å²) >= 11 is 1.29. The molecule has 1 atom stereocenters. The van der Waals surface area contributed by atoms with Crippen molar-refractivity contribution in [3.8, 4) is 5.75 Å². The highest BCUT2D eigenvalue weighted by molar-refractivity contribution is 7.07. The lowest BCUT2D eigenvalue weighted by Gasteiger charge is -2.24. The minimum atomic E-state index is -0.647. The van der Waals surface area contributed by atoms with Crippen LogP contribution in [0.5, 0.6) is 5.75 Å². The second-order valence-corrected chi connectivity index (χ2v) is 8.16. The van der Waals surface area contributed by atoms with Gasteiger partial charge in [-0.2, -0.15) is 5.10 Å². The quantitative estimate of drug-likeness (QED) is 0.576. The third-order valence-corrected chi connectivity index (χ3v) is 6.40. The number of thiazole rings is 1. The highest BCUT2D eigenvalue weighted by Crippen LogP contribution is 2.31. The first-order valence-electron chi connectivity index (χ1n) is 9.59. The zero-order valence-electron chi connectivity index (χ0n) is 17.9. The fourth-order valence-corrected chi connectivity index (χ4v) is 4.63. The Bertz CT molecular complexity index is 1380. The number of carbonyl (C=O) groups is 1. The number of methoxy groups -OCH3 is 2. The van der Waals surface area contributed by atoms with Crippen LogP contribution in [0.15, 0.2) is 51.5 Å². The largest absolute Gasteiger partial charge is 0.497 e. The van der Waals surface area contributed by atoms with E-state index in [9.17, 15) is 9.59 Å². The molecule has 31 heavy (non-hydrogen) atoms. The lowest BCUT2D eigenvalue weighted by Crippen LogP contribution is -2.39. The van der Waals surface area contributed by atoms with Crippen LogP contribution in [0, 0.1) is 6.92 Å². The Kier molecular flexibility index (Phi) is 5.36. The Morgan fingerprint density at radius 1 is 1.19 bits per heavy atom. The van der Waals surface area contributed by atoms with Gasteiger partial charge in [-0.3, -0.25) is 14.0 Å². The highest BCUT2D eigenvalue weighted by atomic mass is 32.1. The van der Waals surface area contributed by atoms with Crippen molar-refractivity contribution in [3.63, 3.8) is 0 Å². The van der Waals surface area contributed by atoms with Crippen molar-refractivity contribution in [1.82, 2.24) is 14.3 Å². The SMILES string of the molecule is COC(=O)C1=C(C)N=c2s/c(=C/c3cnn(C)c3C)c(=O)n2[C@@H]1c1ccc(OC)cc1. The third kappa shape index (κ3) is 3.50. The van der Waals surface area contributed by atoms with Gasteiger partial charge in [0.1, 0.15) is 5.75 Å². The van der Waals surface area contributed by atoms with E-state index in [1.165, 1.54) is 18.4 Å². The van der Waals surface area contributed by atoms with Gasteiger partial charge in [0, 0.05) is 18.3 Å². The number of aromatic nitrogens is 3. The molecule has 0 spiro atoms. The van der Waals surface area contributed by atoms with Gasteiger partial charge >= 0.3 is 5.97 Å². The summed E-state index contributed by atoms with van der Waals surface area (Å²) in [5.41, 5.74) is 3.21. The second kappa shape index (κ2) is 7.99. The maximum Gasteiger partial charge on any atom is 0.338 e. The van der Waals surface area contributed by atoms with Crippen molar-refractivity contribution in [2.75, 3.05) is 14.2 Å². The van der Waals surface area contributed by atoms with Crippen LogP contribution in [0.2, 0.25) is 0 Å². The molecular weight excluding hydrogens is 416 g/mol. The average molecular weight is 439 g/mol. The van der Waals surface area contributed by atoms with E-state index < -0.39 is 12.0 Å². The van der Waals surface area contributed by atoms with E-state index in [4.69, 9.17) is 9.47 Å². The number of nitrogens with zero attached hydrogens (tertiary/aromatic N) is 4. The summed E-state index contributed by atoms with van der Waals surface area (Å²) < 4.78 is 14.1. The highest BCUT2D eigenvalue weighted by Gasteiger charge is 2.33. The summed E-state index contributed by atoms with van der Waals surface area (Å²) in [7, 11) is 4.76. The molecule has 4 rings (SSSR count). The molecule has 3 heterocycles. The molecule has 0 bridgehead atoms. The molecule has 160 valence electrons. The molecule has 9 heteroatoms. The predicted molar refractivity (Wildman–Crippen MR) is 117 cm³/mol. The summed E-state index contributed by atoms with van der Waals surface area (Å²) in [6, 6.07) is 6.64. The van der Waals surface area contributed by atoms with Crippen LogP contribution >= 0.6 is 11.3 Å². The lowest BCUT2D eigenvalue weighted by molar-refractivity contribution is -0.136. The summed E-state index contributed by atoms with van der Waals surface area (Å²) in [6.07, 6.45) is 3.54. The zero-order chi connectivity index (χ0) is 22.3. The van der Waals surface area contributed by atoms with Crippen LogP contribution in [-0.4, -0.2) is 34.5 Å². The monoisotopic (exact) mass is 438 g/mol. The van der Waals surface area contributed by atoms with Crippen LogP contribution in [0.4, 0.5) is 0 Å². The number of hydrogen-bond donors (Lipinski definition) is 0. The Morgan fingerprint density at radius 3 is 2.48 bits per heavy atom. The third-order valence-electron chi connectivity index (χ3n) is 5.42. The summed E-state index contributed by atoms with van der Waals surface area (Å²) in [5.74, 6) is 0.169. The number of allylic oxidation sites excluding steroid dienone is 1. The van der Waals surface area contributed by atoms with Crippen molar-refractivity contribution in [2.24, 2.45) is 12.0 Å². The number of carbonyl (C=O) groups excluding carboxylic acids is 1. The van der Waals surface area contributed by atoms with Crippen molar-refractivity contribution < 1.29 is 14.3 Å². The maximum absolute atomic E-state index is 13.5. The number of ether oxygens (including phenoxy) is 2. The molecule has 0 radical (unpaired) electrons. The smallest absolute Gasteiger partial charge is 0.338 e. The standard InChI is InChI=1S/C22H22N4O4S/c1-12-18(21(28)30-5)19(14-6-8-16(29-4)9-7-14)26-20(27)17(31-22(26)24-12)10-15-11-23-25(3)13(15)2/h6-11,19H,1-5H3/b17-10+/t19-/m1/s1. The molecule has 0 unspecified atom stereocenters. The summed E-state index contributed by atoms with van der Waals surface area (Å²) in [5, 5.41) is 4.24. The number of aryl methyl sites for hydroxylation is 1. The molecular formula is C22H22N4O4S. The molecule has 8 nitrogen and oxygen atoms in total. The van der Waals surface area contributed by atoms with E-state index in [1.807, 2.05) is 32.2 Å². The first-order valence-corrected chi connectivity index (χ1v) is 10.4. The zero-order valence-corrected chi connectivity index (χ0v) is 18.7. The van der Waals surface area contributed by atoms with Gasteiger partial charge < -0.3 is 9.47 Å². The molecule has 1 aliphatic heterocycles. The maximum atomic E-state index is 13.5. The first-order chi connectivity index (χ1) is 14.8. The van der Waals surface area contributed by atoms with Gasteiger partial charge in [0.15, 0.2) is 4.80 Å². The van der Waals surface area contributed by atoms with Gasteiger partial charge in [0.2, 0.25) is 0 Å². The van der Waals surface area contributed by atoms with Crippen LogP contribution in [0.3, 0.4) is 0 Å². The van der Waals surface area contributed by atoms with Gasteiger partial charge in [-0.05, 0) is 37.6 Å². The molecule has 0 saturated carbocycles. The van der Waals surface area contributed by atoms with Crippen molar-refractivity contribution >= 4 is 23.4 Å². The molecule has 0 saturated heterocycles. The van der Waals surface area contributed by atoms with E-state index in [-0.39, 0.29) is 5.56 Å². The molecule has 0 amide bonds. The average Bonchev–Trinajstić information content (AvgIpc) is 3.25. The van der Waals surface area contributed by atoms with Crippen molar-refractivity contribution in [3.05, 3.63) is 78.2 Å². The molecule has 0 N–H and O–H groups in total. The Morgan fingerprint density at radius 2 is 1.90 bits per heavy atom. The number of benzene rings is 1. The van der Waals surface area contributed by atoms with Gasteiger partial charge in [-0.1, -0.05) is 23.5 Å². The summed E-state index contributed by atoms with van der Waals surface area (Å²) in [6.45, 7) is 3.70. The number of hydrogen-bond acceptors (Lipinski definition) is 7. The number of esters is 1. The first kappa shape index (κ1) is 20.8. The molecule has 0 fully saturated rings. The van der Waals surface area contributed by atoms with Gasteiger partial charge in [-0.15, -0.1) is 0 Å². The van der Waals surface area contributed by atoms with E-state index in [1.54, 1.807) is 41.6 Å². The van der Waals surface area contributed by atoms with Crippen molar-refractivity contribution in [2.45, 2.75) is 19.9 Å². The molecule has 3 aromatic rings. The lowest BCUT2D eigenvalue weighted by atomic mass is 9.96. The van der Waals surface area contributed by atoms with Gasteiger partial charge in [-0.25, -0.2) is 9.79 Å². The Hall–Kier alpha value is -3.46. The van der Waals surface area contributed by atoms with Crippen LogP contribution < -0.4 is 19.6 Å². The number of rotatable bonds is 4. The van der Waals surface area contributed by atoms with E-state index in [0.717, 1.165) is 16.8 Å². The normalized spacial score (nSPS) is 16.2. The molecule has 0 aliphatic carbocycles. The van der Waals surface area contributed by atoms with Gasteiger partial charge in [0.25, 0.3) is 5.56 Å². The minimum Gasteiger partial charge on any atom is -0.497 e. The summed E-state index contributed by atoms with van der Waals surface area (Å²) in [4.78, 5) is 31.2. The van der Waals surface area contributed by atoms with Crippen LogP contribution in [0.1, 0.15) is 29.8 Å². The fourth-order valence-electron chi connectivity index (χ4n) is 3.59. The van der Waals surface area contributed by atoms with E-state index >= 15 is 0 Å². The van der Waals surface area contributed by atoms with Crippen molar-refractivity contribution in [1.29, 1.82) is 0 Å². The number of fused-ring (bicyclic) bond motifs is 1. The van der Waals surface area contributed by atoms with E-state index in [0.29, 0.717) is 26.4 Å². The Labute approximate surface area is 182 Å². The predicted octanol–water partition coefficient (Wildman–Crippen LogP) is 1.46. The topological polar surface area (TPSA) is 87.7 Å². The molecule has 1 aromatic carbocycles.